The van der Waals surface area contributed by atoms with E-state index in [4.69, 9.17) is 9.52 Å². The maximum atomic E-state index is 11.4. The van der Waals surface area contributed by atoms with E-state index < -0.39 is 21.7 Å². The van der Waals surface area contributed by atoms with Gasteiger partial charge in [0.15, 0.2) is 5.76 Å². The van der Waals surface area contributed by atoms with Crippen LogP contribution in [-0.4, -0.2) is 44.0 Å². The van der Waals surface area contributed by atoms with Gasteiger partial charge in [0.1, 0.15) is 9.84 Å². The third kappa shape index (κ3) is 4.27. The van der Waals surface area contributed by atoms with E-state index in [1.807, 2.05) is 0 Å². The summed E-state index contributed by atoms with van der Waals surface area (Å²) in [7, 11) is -3.15. The molecule has 1 heterocycles. The van der Waals surface area contributed by atoms with Crippen LogP contribution in [0.5, 0.6) is 0 Å². The first-order chi connectivity index (χ1) is 7.79. The van der Waals surface area contributed by atoms with Crippen molar-refractivity contribution < 1.29 is 27.5 Å². The molecule has 94 valence electrons. The largest absolute Gasteiger partial charge is 0.475 e. The molecule has 0 aliphatic heterocycles. The number of furan rings is 1. The molecule has 8 heteroatoms. The summed E-state index contributed by atoms with van der Waals surface area (Å²) in [5.41, 5.74) is 0. The standard InChI is InChI=1S/C9H11NO6S/c1-17(14,15)5-4-10-8(11)6-2-3-7(16-6)9(12)13/h2-3H,4-5H2,1H3,(H,10,11)(H,12,13). The highest BCUT2D eigenvalue weighted by Crippen LogP contribution is 2.07. The summed E-state index contributed by atoms with van der Waals surface area (Å²) in [4.78, 5) is 21.9. The van der Waals surface area contributed by atoms with E-state index in [9.17, 15) is 18.0 Å². The first kappa shape index (κ1) is 13.2. The van der Waals surface area contributed by atoms with Crippen molar-refractivity contribution in [1.29, 1.82) is 0 Å². The lowest BCUT2D eigenvalue weighted by atomic mass is 10.4. The molecule has 7 nitrogen and oxygen atoms in total. The Morgan fingerprint density at radius 1 is 1.35 bits per heavy atom. The van der Waals surface area contributed by atoms with Gasteiger partial charge in [0.25, 0.3) is 5.91 Å². The van der Waals surface area contributed by atoms with Crippen molar-refractivity contribution in [3.05, 3.63) is 23.7 Å². The lowest BCUT2D eigenvalue weighted by molar-refractivity contribution is 0.0659. The third-order valence-corrected chi connectivity index (χ3v) is 2.74. The molecule has 0 aliphatic rings. The quantitative estimate of drug-likeness (QED) is 0.755. The second-order valence-corrected chi connectivity index (χ2v) is 5.61. The van der Waals surface area contributed by atoms with Crippen LogP contribution in [0.25, 0.3) is 0 Å². The normalized spacial score (nSPS) is 11.1. The average Bonchev–Trinajstić information content (AvgIpc) is 2.63. The van der Waals surface area contributed by atoms with Gasteiger partial charge in [0.2, 0.25) is 5.76 Å². The predicted octanol–water partition coefficient (Wildman–Crippen LogP) is -0.248. The molecule has 0 atom stereocenters. The van der Waals surface area contributed by atoms with Crippen LogP contribution in [0.2, 0.25) is 0 Å². The van der Waals surface area contributed by atoms with Crippen molar-refractivity contribution in [2.45, 2.75) is 0 Å². The SMILES string of the molecule is CS(=O)(=O)CCNC(=O)c1ccc(C(=O)O)o1. The van der Waals surface area contributed by atoms with Crippen molar-refractivity contribution in [3.8, 4) is 0 Å². The fourth-order valence-electron chi connectivity index (χ4n) is 1.01. The van der Waals surface area contributed by atoms with Crippen LogP contribution in [0.1, 0.15) is 21.1 Å². The van der Waals surface area contributed by atoms with E-state index in [1.165, 1.54) is 6.07 Å². The number of nitrogens with one attached hydrogen (secondary N) is 1. The Hall–Kier alpha value is -1.83. The number of aromatic carboxylic acids is 1. The number of carbonyl (C=O) groups is 2. The number of hydrogen-bond acceptors (Lipinski definition) is 5. The molecule has 17 heavy (non-hydrogen) atoms. The second kappa shape index (κ2) is 5.00. The molecule has 0 spiro atoms. The van der Waals surface area contributed by atoms with Crippen LogP contribution in [0.3, 0.4) is 0 Å². The topological polar surface area (TPSA) is 114 Å². The van der Waals surface area contributed by atoms with Crippen molar-refractivity contribution >= 4 is 21.7 Å². The molecule has 0 aromatic carbocycles. The van der Waals surface area contributed by atoms with E-state index in [-0.39, 0.29) is 23.8 Å². The predicted molar refractivity (Wildman–Crippen MR) is 57.7 cm³/mol. The number of hydrogen-bond donors (Lipinski definition) is 2. The lowest BCUT2D eigenvalue weighted by Crippen LogP contribution is -2.28. The number of carbonyl (C=O) groups excluding carboxylic acids is 1. The smallest absolute Gasteiger partial charge is 0.371 e. The highest BCUT2D eigenvalue weighted by Gasteiger charge is 2.14. The summed E-state index contributed by atoms with van der Waals surface area (Å²) in [6.45, 7) is -0.0548. The number of rotatable bonds is 5. The number of amides is 1. The summed E-state index contributed by atoms with van der Waals surface area (Å²) < 4.78 is 26.3. The second-order valence-electron chi connectivity index (χ2n) is 3.35. The van der Waals surface area contributed by atoms with Gasteiger partial charge in [-0.25, -0.2) is 13.2 Å². The molecule has 1 aromatic heterocycles. The molecule has 1 aromatic rings. The first-order valence-corrected chi connectivity index (χ1v) is 6.65. The van der Waals surface area contributed by atoms with Gasteiger partial charge < -0.3 is 14.8 Å². The van der Waals surface area contributed by atoms with Gasteiger partial charge in [-0.15, -0.1) is 0 Å². The van der Waals surface area contributed by atoms with Crippen LogP contribution in [0.15, 0.2) is 16.5 Å². The molecule has 1 amide bonds. The fraction of sp³-hybridized carbons (Fsp3) is 0.333. The maximum absolute atomic E-state index is 11.4. The Kier molecular flexibility index (Phi) is 3.89. The van der Waals surface area contributed by atoms with Crippen LogP contribution < -0.4 is 5.32 Å². The summed E-state index contributed by atoms with van der Waals surface area (Å²) in [5.74, 6) is -2.64. The van der Waals surface area contributed by atoms with Gasteiger partial charge in [-0.3, -0.25) is 4.79 Å². The molecule has 0 bridgehead atoms. The maximum Gasteiger partial charge on any atom is 0.371 e. The summed E-state index contributed by atoms with van der Waals surface area (Å²) in [5, 5.41) is 10.9. The molecule has 0 saturated carbocycles. The molecular formula is C9H11NO6S. The third-order valence-electron chi connectivity index (χ3n) is 1.80. The first-order valence-electron chi connectivity index (χ1n) is 4.58. The molecule has 0 saturated heterocycles. The zero-order valence-electron chi connectivity index (χ0n) is 8.97. The van der Waals surface area contributed by atoms with E-state index >= 15 is 0 Å². The van der Waals surface area contributed by atoms with Gasteiger partial charge in [0, 0.05) is 12.8 Å². The van der Waals surface area contributed by atoms with Gasteiger partial charge in [0.05, 0.1) is 5.75 Å². The Morgan fingerprint density at radius 3 is 2.41 bits per heavy atom. The van der Waals surface area contributed by atoms with E-state index in [2.05, 4.69) is 5.32 Å². The minimum atomic E-state index is -3.15. The number of carboxylic acid groups (broad SMARTS) is 1. The number of carboxylic acids is 1. The van der Waals surface area contributed by atoms with Crippen LogP contribution in [-0.2, 0) is 9.84 Å². The molecule has 1 rings (SSSR count). The highest BCUT2D eigenvalue weighted by atomic mass is 32.2. The molecular weight excluding hydrogens is 250 g/mol. The van der Waals surface area contributed by atoms with E-state index in [1.54, 1.807) is 0 Å². The Morgan fingerprint density at radius 2 is 1.94 bits per heavy atom. The van der Waals surface area contributed by atoms with Crippen LogP contribution >= 0.6 is 0 Å². The molecule has 0 fully saturated rings. The van der Waals surface area contributed by atoms with E-state index in [0.717, 1.165) is 12.3 Å². The zero-order valence-corrected chi connectivity index (χ0v) is 9.78. The van der Waals surface area contributed by atoms with Gasteiger partial charge in [-0.2, -0.15) is 0 Å². The van der Waals surface area contributed by atoms with Gasteiger partial charge in [-0.1, -0.05) is 0 Å². The minimum absolute atomic E-state index is 0.0548. The molecule has 2 N–H and O–H groups in total. The Labute approximate surface area is 97.3 Å². The summed E-state index contributed by atoms with van der Waals surface area (Å²) in [6, 6.07) is 2.35. The highest BCUT2D eigenvalue weighted by molar-refractivity contribution is 7.90. The Balaban J connectivity index is 2.55. The number of sulfone groups is 1. The van der Waals surface area contributed by atoms with Crippen LogP contribution in [0.4, 0.5) is 0 Å². The minimum Gasteiger partial charge on any atom is -0.475 e. The summed E-state index contributed by atoms with van der Waals surface area (Å²) >= 11 is 0. The zero-order chi connectivity index (χ0) is 13.1. The van der Waals surface area contributed by atoms with Crippen molar-refractivity contribution in [3.63, 3.8) is 0 Å². The fourth-order valence-corrected chi connectivity index (χ4v) is 1.48. The summed E-state index contributed by atoms with van der Waals surface area (Å²) in [6.07, 6.45) is 1.05. The molecule has 0 radical (unpaired) electrons. The van der Waals surface area contributed by atoms with Crippen molar-refractivity contribution in [2.24, 2.45) is 0 Å². The van der Waals surface area contributed by atoms with E-state index in [0.29, 0.717) is 0 Å². The van der Waals surface area contributed by atoms with Gasteiger partial charge >= 0.3 is 5.97 Å². The molecule has 0 unspecified atom stereocenters. The lowest BCUT2D eigenvalue weighted by Gasteiger charge is -2.01. The van der Waals surface area contributed by atoms with Crippen molar-refractivity contribution in [2.75, 3.05) is 18.6 Å². The van der Waals surface area contributed by atoms with Gasteiger partial charge in [-0.05, 0) is 12.1 Å². The molecule has 0 aliphatic carbocycles. The van der Waals surface area contributed by atoms with Crippen molar-refractivity contribution in [1.82, 2.24) is 5.32 Å². The van der Waals surface area contributed by atoms with Crippen LogP contribution in [0, 0.1) is 0 Å². The average molecular weight is 261 g/mol. The monoisotopic (exact) mass is 261 g/mol. The Bertz CT molecular complexity index is 529.